The predicted octanol–water partition coefficient (Wildman–Crippen LogP) is 3.15. The zero-order valence-electron chi connectivity index (χ0n) is 11.5. The normalized spacial score (nSPS) is 12.1. The number of nitro benzene ring substituents is 1. The molecule has 1 N–H and O–H groups in total. The van der Waals surface area contributed by atoms with Crippen LogP contribution in [0.2, 0.25) is 0 Å². The quantitative estimate of drug-likeness (QED) is 0.670. The Balaban J connectivity index is 2.04. The third-order valence-corrected chi connectivity index (χ3v) is 3.21. The predicted molar refractivity (Wildman–Crippen MR) is 77.3 cm³/mol. The van der Waals surface area contributed by atoms with Crippen molar-refractivity contribution in [2.24, 2.45) is 0 Å². The van der Waals surface area contributed by atoms with Crippen molar-refractivity contribution < 1.29 is 4.92 Å². The van der Waals surface area contributed by atoms with Gasteiger partial charge in [-0.05, 0) is 31.5 Å². The van der Waals surface area contributed by atoms with Crippen LogP contribution in [0.4, 0.5) is 5.69 Å². The van der Waals surface area contributed by atoms with E-state index >= 15 is 0 Å². The molecule has 5 heteroatoms. The van der Waals surface area contributed by atoms with Gasteiger partial charge in [0.2, 0.25) is 0 Å². The third-order valence-electron chi connectivity index (χ3n) is 3.21. The Morgan fingerprint density at radius 2 is 2.15 bits per heavy atom. The molecule has 0 spiro atoms. The van der Waals surface area contributed by atoms with Gasteiger partial charge >= 0.3 is 0 Å². The first-order chi connectivity index (χ1) is 9.58. The fourth-order valence-corrected chi connectivity index (χ4v) is 1.97. The maximum Gasteiger partial charge on any atom is 0.272 e. The van der Waals surface area contributed by atoms with Gasteiger partial charge in [-0.1, -0.05) is 18.2 Å². The summed E-state index contributed by atoms with van der Waals surface area (Å²) in [4.78, 5) is 14.8. The average Bonchev–Trinajstić information content (AvgIpc) is 2.46. The van der Waals surface area contributed by atoms with Crippen LogP contribution in [0.1, 0.15) is 29.8 Å². The average molecular weight is 271 g/mol. The van der Waals surface area contributed by atoms with Crippen molar-refractivity contribution >= 4 is 5.69 Å². The van der Waals surface area contributed by atoms with Crippen LogP contribution in [-0.4, -0.2) is 9.91 Å². The molecule has 5 nitrogen and oxygen atoms in total. The van der Waals surface area contributed by atoms with E-state index in [0.29, 0.717) is 12.1 Å². The van der Waals surface area contributed by atoms with Crippen LogP contribution >= 0.6 is 0 Å². The molecule has 0 fully saturated rings. The molecule has 1 aromatic heterocycles. The molecule has 2 rings (SSSR count). The van der Waals surface area contributed by atoms with Crippen LogP contribution in [0.25, 0.3) is 0 Å². The highest BCUT2D eigenvalue weighted by Gasteiger charge is 2.11. The Morgan fingerprint density at radius 1 is 1.35 bits per heavy atom. The highest BCUT2D eigenvalue weighted by molar-refractivity contribution is 5.42. The Bertz CT molecular complexity index is 599. The smallest absolute Gasteiger partial charge is 0.272 e. The van der Waals surface area contributed by atoms with Crippen molar-refractivity contribution in [3.8, 4) is 0 Å². The highest BCUT2D eigenvalue weighted by Crippen LogP contribution is 2.19. The molecule has 0 unspecified atom stereocenters. The third kappa shape index (κ3) is 3.39. The Hall–Kier alpha value is -2.27. The fourth-order valence-electron chi connectivity index (χ4n) is 1.97. The van der Waals surface area contributed by atoms with Crippen LogP contribution in [0, 0.1) is 17.0 Å². The van der Waals surface area contributed by atoms with Crippen molar-refractivity contribution in [3.05, 3.63) is 69.5 Å². The van der Waals surface area contributed by atoms with E-state index in [9.17, 15) is 10.1 Å². The number of pyridine rings is 1. The molecular formula is C15H17N3O2. The summed E-state index contributed by atoms with van der Waals surface area (Å²) in [6.07, 6.45) is 1.75. The summed E-state index contributed by atoms with van der Waals surface area (Å²) in [5.74, 6) is 0. The molecule has 0 saturated carbocycles. The van der Waals surface area contributed by atoms with E-state index in [4.69, 9.17) is 0 Å². The second-order valence-corrected chi connectivity index (χ2v) is 4.74. The van der Waals surface area contributed by atoms with Crippen LogP contribution in [0.3, 0.4) is 0 Å². The zero-order chi connectivity index (χ0) is 14.5. The van der Waals surface area contributed by atoms with Gasteiger partial charge in [0.25, 0.3) is 5.69 Å². The summed E-state index contributed by atoms with van der Waals surface area (Å²) in [7, 11) is 0. The Morgan fingerprint density at radius 3 is 2.80 bits per heavy atom. The summed E-state index contributed by atoms with van der Waals surface area (Å²) < 4.78 is 0. The second kappa shape index (κ2) is 6.25. The number of rotatable bonds is 5. The summed E-state index contributed by atoms with van der Waals surface area (Å²) in [5.41, 5.74) is 2.69. The maximum absolute atomic E-state index is 10.9. The van der Waals surface area contributed by atoms with E-state index in [2.05, 4.69) is 10.3 Å². The molecule has 1 atom stereocenters. The van der Waals surface area contributed by atoms with Gasteiger partial charge in [-0.3, -0.25) is 15.1 Å². The van der Waals surface area contributed by atoms with E-state index in [1.165, 1.54) is 0 Å². The lowest BCUT2D eigenvalue weighted by Gasteiger charge is -2.13. The second-order valence-electron chi connectivity index (χ2n) is 4.74. The maximum atomic E-state index is 10.9. The van der Waals surface area contributed by atoms with E-state index in [1.807, 2.05) is 31.2 Å². The minimum atomic E-state index is -0.346. The number of hydrogen-bond acceptors (Lipinski definition) is 4. The molecule has 2 aromatic rings. The fraction of sp³-hybridized carbons (Fsp3) is 0.267. The first-order valence-electron chi connectivity index (χ1n) is 6.46. The molecule has 0 aliphatic rings. The molecule has 104 valence electrons. The first-order valence-corrected chi connectivity index (χ1v) is 6.46. The van der Waals surface area contributed by atoms with Gasteiger partial charge in [0.1, 0.15) is 0 Å². The number of nitro groups is 1. The number of nitrogens with one attached hydrogen (secondary N) is 1. The summed E-state index contributed by atoms with van der Waals surface area (Å²) in [6.45, 7) is 4.33. The summed E-state index contributed by atoms with van der Waals surface area (Å²) >= 11 is 0. The van der Waals surface area contributed by atoms with Crippen LogP contribution in [0.5, 0.6) is 0 Å². The topological polar surface area (TPSA) is 68.1 Å². The van der Waals surface area contributed by atoms with Gasteiger partial charge < -0.3 is 5.32 Å². The lowest BCUT2D eigenvalue weighted by molar-refractivity contribution is -0.385. The largest absolute Gasteiger partial charge is 0.305 e. The molecule has 0 aliphatic heterocycles. The lowest BCUT2D eigenvalue weighted by Crippen LogP contribution is -2.19. The van der Waals surface area contributed by atoms with Crippen molar-refractivity contribution in [2.45, 2.75) is 26.4 Å². The van der Waals surface area contributed by atoms with E-state index in [1.54, 1.807) is 25.3 Å². The standard InChI is InChI=1S/C15H17N3O2/c1-11-6-7-13(9-15(11)18(19)20)10-17-12(2)14-5-3-4-8-16-14/h3-9,12,17H,10H2,1-2H3/t12-/m1/s1. The number of aryl methyl sites for hydroxylation is 1. The number of hydrogen-bond donors (Lipinski definition) is 1. The minimum absolute atomic E-state index is 0.0940. The van der Waals surface area contributed by atoms with Gasteiger partial charge in [0.05, 0.1) is 10.6 Å². The van der Waals surface area contributed by atoms with Gasteiger partial charge in [-0.2, -0.15) is 0 Å². The van der Waals surface area contributed by atoms with Crippen molar-refractivity contribution in [3.63, 3.8) is 0 Å². The molecule has 0 aliphatic carbocycles. The number of nitrogens with zero attached hydrogens (tertiary/aromatic N) is 2. The Kier molecular flexibility index (Phi) is 4.42. The summed E-state index contributed by atoms with van der Waals surface area (Å²) in [5, 5.41) is 14.2. The first kappa shape index (κ1) is 14.1. The molecule has 1 heterocycles. The molecule has 0 saturated heterocycles. The molecular weight excluding hydrogens is 254 g/mol. The van der Waals surface area contributed by atoms with Gasteiger partial charge in [0, 0.05) is 30.4 Å². The van der Waals surface area contributed by atoms with E-state index in [-0.39, 0.29) is 16.7 Å². The summed E-state index contributed by atoms with van der Waals surface area (Å²) in [6, 6.07) is 11.2. The monoisotopic (exact) mass is 271 g/mol. The van der Waals surface area contributed by atoms with Crippen LogP contribution in [0.15, 0.2) is 42.6 Å². The van der Waals surface area contributed by atoms with Gasteiger partial charge in [-0.15, -0.1) is 0 Å². The molecule has 20 heavy (non-hydrogen) atoms. The molecule has 0 bridgehead atoms. The van der Waals surface area contributed by atoms with E-state index in [0.717, 1.165) is 11.3 Å². The van der Waals surface area contributed by atoms with Crippen LogP contribution in [-0.2, 0) is 6.54 Å². The molecule has 0 radical (unpaired) electrons. The SMILES string of the molecule is Cc1ccc(CN[C@H](C)c2ccccn2)cc1[N+](=O)[O-]. The van der Waals surface area contributed by atoms with Crippen molar-refractivity contribution in [2.75, 3.05) is 0 Å². The highest BCUT2D eigenvalue weighted by atomic mass is 16.6. The van der Waals surface area contributed by atoms with Gasteiger partial charge in [0.15, 0.2) is 0 Å². The Labute approximate surface area is 117 Å². The zero-order valence-corrected chi connectivity index (χ0v) is 11.5. The molecule has 0 amide bonds. The van der Waals surface area contributed by atoms with Crippen LogP contribution < -0.4 is 5.32 Å². The van der Waals surface area contributed by atoms with Crippen molar-refractivity contribution in [1.82, 2.24) is 10.3 Å². The lowest BCUT2D eigenvalue weighted by atomic mass is 10.1. The number of aromatic nitrogens is 1. The molecule has 1 aromatic carbocycles. The number of benzene rings is 1. The minimum Gasteiger partial charge on any atom is -0.305 e. The van der Waals surface area contributed by atoms with Gasteiger partial charge in [-0.25, -0.2) is 0 Å². The van der Waals surface area contributed by atoms with E-state index < -0.39 is 0 Å². The van der Waals surface area contributed by atoms with Crippen molar-refractivity contribution in [1.29, 1.82) is 0 Å².